The van der Waals surface area contributed by atoms with Crippen LogP contribution in [0.5, 0.6) is 0 Å². The van der Waals surface area contributed by atoms with Gasteiger partial charge in [-0.2, -0.15) is 0 Å². The first-order chi connectivity index (χ1) is 14.8. The highest BCUT2D eigenvalue weighted by Crippen LogP contribution is 1.91. The van der Waals surface area contributed by atoms with E-state index < -0.39 is 0 Å². The maximum absolute atomic E-state index is 11.1. The zero-order valence-electron chi connectivity index (χ0n) is 18.3. The fourth-order valence-corrected chi connectivity index (χ4v) is 1.98. The molecular formula is C20H40O10. The Hall–Kier alpha value is -0.850. The summed E-state index contributed by atoms with van der Waals surface area (Å²) in [7, 11) is 0. The van der Waals surface area contributed by atoms with Crippen LogP contribution in [0.4, 0.5) is 0 Å². The number of carbonyl (C=O) groups is 1. The van der Waals surface area contributed by atoms with Crippen molar-refractivity contribution in [1.82, 2.24) is 0 Å². The zero-order valence-corrected chi connectivity index (χ0v) is 18.3. The Morgan fingerprint density at radius 2 is 0.833 bits per heavy atom. The minimum Gasteiger partial charge on any atom is -0.463 e. The SMILES string of the molecule is CCCC(=O)OCCOCCOCCOCCOCCOCCOCCOCCO. The first-order valence-corrected chi connectivity index (χ1v) is 10.6. The molecule has 0 heterocycles. The summed E-state index contributed by atoms with van der Waals surface area (Å²) in [6, 6.07) is 0. The maximum Gasteiger partial charge on any atom is 0.305 e. The minimum absolute atomic E-state index is 0.0265. The third-order valence-corrected chi connectivity index (χ3v) is 3.41. The molecule has 10 nitrogen and oxygen atoms in total. The van der Waals surface area contributed by atoms with Crippen LogP contribution in [0.2, 0.25) is 0 Å². The van der Waals surface area contributed by atoms with E-state index in [2.05, 4.69) is 0 Å². The van der Waals surface area contributed by atoms with Crippen LogP contribution < -0.4 is 0 Å². The molecule has 30 heavy (non-hydrogen) atoms. The van der Waals surface area contributed by atoms with Gasteiger partial charge in [-0.25, -0.2) is 0 Å². The summed E-state index contributed by atoms with van der Waals surface area (Å²) in [5.74, 6) is -0.186. The van der Waals surface area contributed by atoms with Gasteiger partial charge in [0, 0.05) is 6.42 Å². The third kappa shape index (κ3) is 25.2. The molecule has 0 aliphatic heterocycles. The fourth-order valence-electron chi connectivity index (χ4n) is 1.98. The van der Waals surface area contributed by atoms with Gasteiger partial charge in [0.1, 0.15) is 6.61 Å². The molecule has 0 fully saturated rings. The van der Waals surface area contributed by atoms with Crippen LogP contribution >= 0.6 is 0 Å². The average molecular weight is 441 g/mol. The van der Waals surface area contributed by atoms with Crippen molar-refractivity contribution < 1.29 is 47.8 Å². The molecule has 0 aromatic heterocycles. The molecule has 0 atom stereocenters. The van der Waals surface area contributed by atoms with E-state index in [1.54, 1.807) is 0 Å². The van der Waals surface area contributed by atoms with E-state index in [0.717, 1.165) is 6.42 Å². The largest absolute Gasteiger partial charge is 0.463 e. The highest BCUT2D eigenvalue weighted by molar-refractivity contribution is 5.69. The molecule has 0 bridgehead atoms. The van der Waals surface area contributed by atoms with Crippen LogP contribution in [0.1, 0.15) is 19.8 Å². The molecule has 180 valence electrons. The van der Waals surface area contributed by atoms with Gasteiger partial charge in [-0.3, -0.25) is 4.79 Å². The molecule has 0 spiro atoms. The van der Waals surface area contributed by atoms with E-state index in [1.165, 1.54) is 0 Å². The van der Waals surface area contributed by atoms with Gasteiger partial charge in [-0.05, 0) is 6.42 Å². The van der Waals surface area contributed by atoms with E-state index in [-0.39, 0.29) is 19.2 Å². The van der Waals surface area contributed by atoms with Crippen molar-refractivity contribution in [3.8, 4) is 0 Å². The van der Waals surface area contributed by atoms with Crippen molar-refractivity contribution in [3.05, 3.63) is 0 Å². The number of aliphatic hydroxyl groups is 1. The molecule has 10 heteroatoms. The van der Waals surface area contributed by atoms with E-state index in [0.29, 0.717) is 98.9 Å². The Labute approximate surface area is 180 Å². The minimum atomic E-state index is -0.186. The van der Waals surface area contributed by atoms with Crippen molar-refractivity contribution >= 4 is 5.97 Å². The predicted molar refractivity (Wildman–Crippen MR) is 109 cm³/mol. The number of hydrogen-bond acceptors (Lipinski definition) is 10. The standard InChI is InChI=1S/C20H40O10/c1-2-3-20(22)30-19-18-29-17-16-28-15-14-27-13-12-26-11-10-25-9-8-24-7-6-23-5-4-21/h21H,2-19H2,1H3. The normalized spacial score (nSPS) is 11.1. The number of ether oxygens (including phenoxy) is 8. The molecule has 0 aromatic rings. The Bertz CT molecular complexity index is 344. The van der Waals surface area contributed by atoms with Crippen LogP contribution in [0.25, 0.3) is 0 Å². The summed E-state index contributed by atoms with van der Waals surface area (Å²) in [4.78, 5) is 11.1. The van der Waals surface area contributed by atoms with Crippen molar-refractivity contribution in [3.63, 3.8) is 0 Å². The van der Waals surface area contributed by atoms with Gasteiger partial charge in [0.25, 0.3) is 0 Å². The number of esters is 1. The van der Waals surface area contributed by atoms with Gasteiger partial charge in [0.15, 0.2) is 0 Å². The zero-order chi connectivity index (χ0) is 22.0. The summed E-state index contributed by atoms with van der Waals surface area (Å²) in [5, 5.41) is 8.53. The second-order valence-corrected chi connectivity index (χ2v) is 5.98. The molecular weight excluding hydrogens is 400 g/mol. The lowest BCUT2D eigenvalue weighted by molar-refractivity contribution is -0.145. The number of aliphatic hydroxyl groups excluding tert-OH is 1. The molecule has 0 rings (SSSR count). The molecule has 0 amide bonds. The third-order valence-electron chi connectivity index (χ3n) is 3.41. The summed E-state index contributed by atoms with van der Waals surface area (Å²) >= 11 is 0. The number of rotatable bonds is 25. The van der Waals surface area contributed by atoms with Gasteiger partial charge in [0.05, 0.1) is 99.1 Å². The summed E-state index contributed by atoms with van der Waals surface area (Å²) in [6.07, 6.45) is 1.23. The lowest BCUT2D eigenvalue weighted by atomic mass is 10.3. The molecule has 0 radical (unpaired) electrons. The maximum atomic E-state index is 11.1. The fraction of sp³-hybridized carbons (Fsp3) is 0.950. The van der Waals surface area contributed by atoms with Crippen molar-refractivity contribution in [2.75, 3.05) is 106 Å². The van der Waals surface area contributed by atoms with Gasteiger partial charge in [0.2, 0.25) is 0 Å². The van der Waals surface area contributed by atoms with E-state index >= 15 is 0 Å². The molecule has 0 saturated heterocycles. The highest BCUT2D eigenvalue weighted by Gasteiger charge is 1.99. The Balaban J connectivity index is 3.03. The topological polar surface area (TPSA) is 111 Å². The first-order valence-electron chi connectivity index (χ1n) is 10.6. The van der Waals surface area contributed by atoms with Crippen molar-refractivity contribution in [1.29, 1.82) is 0 Å². The summed E-state index contributed by atoms with van der Waals surface area (Å²) < 4.78 is 42.1. The molecule has 0 aliphatic rings. The van der Waals surface area contributed by atoms with Crippen LogP contribution in [-0.4, -0.2) is 117 Å². The molecule has 0 aliphatic carbocycles. The molecule has 0 aromatic carbocycles. The average Bonchev–Trinajstić information content (AvgIpc) is 2.74. The van der Waals surface area contributed by atoms with Crippen molar-refractivity contribution in [2.45, 2.75) is 19.8 Å². The molecule has 0 saturated carbocycles. The van der Waals surface area contributed by atoms with Crippen LogP contribution in [0.3, 0.4) is 0 Å². The summed E-state index contributed by atoms with van der Waals surface area (Å²) in [5.41, 5.74) is 0. The van der Waals surface area contributed by atoms with Gasteiger partial charge in [-0.1, -0.05) is 6.92 Å². The highest BCUT2D eigenvalue weighted by atomic mass is 16.6. The van der Waals surface area contributed by atoms with E-state index in [1.807, 2.05) is 6.92 Å². The van der Waals surface area contributed by atoms with E-state index in [9.17, 15) is 4.79 Å². The Morgan fingerprint density at radius 3 is 1.13 bits per heavy atom. The van der Waals surface area contributed by atoms with Gasteiger partial charge >= 0.3 is 5.97 Å². The number of hydrogen-bond donors (Lipinski definition) is 1. The monoisotopic (exact) mass is 440 g/mol. The quantitative estimate of drug-likeness (QED) is 0.159. The van der Waals surface area contributed by atoms with Crippen molar-refractivity contribution in [2.24, 2.45) is 0 Å². The smallest absolute Gasteiger partial charge is 0.305 e. The van der Waals surface area contributed by atoms with Crippen LogP contribution in [0, 0.1) is 0 Å². The Morgan fingerprint density at radius 1 is 0.533 bits per heavy atom. The molecule has 1 N–H and O–H groups in total. The lowest BCUT2D eigenvalue weighted by Crippen LogP contribution is -2.15. The number of carbonyl (C=O) groups excluding carboxylic acids is 1. The second kappa shape index (κ2) is 26.2. The van der Waals surface area contributed by atoms with Crippen LogP contribution in [-0.2, 0) is 42.7 Å². The first kappa shape index (κ1) is 29.1. The summed E-state index contributed by atoms with van der Waals surface area (Å²) in [6.45, 7) is 8.85. The molecule has 0 unspecified atom stereocenters. The lowest BCUT2D eigenvalue weighted by Gasteiger charge is -2.08. The van der Waals surface area contributed by atoms with Gasteiger partial charge < -0.3 is 43.0 Å². The predicted octanol–water partition coefficient (Wildman–Crippen LogP) is 0.438. The Kier molecular flexibility index (Phi) is 25.4. The second-order valence-electron chi connectivity index (χ2n) is 5.98. The van der Waals surface area contributed by atoms with Crippen LogP contribution in [0.15, 0.2) is 0 Å². The van der Waals surface area contributed by atoms with Gasteiger partial charge in [-0.15, -0.1) is 0 Å². The van der Waals surface area contributed by atoms with E-state index in [4.69, 9.17) is 43.0 Å².